The first-order valence-electron chi connectivity index (χ1n) is 11.0. The molecule has 2 heterocycles. The molecule has 1 aromatic heterocycles. The fourth-order valence-electron chi connectivity index (χ4n) is 3.62. The Morgan fingerprint density at radius 1 is 1.26 bits per heavy atom. The van der Waals surface area contributed by atoms with Crippen molar-refractivity contribution in [3.63, 3.8) is 0 Å². The van der Waals surface area contributed by atoms with E-state index >= 15 is 0 Å². The summed E-state index contributed by atoms with van der Waals surface area (Å²) in [6.45, 7) is 9.51. The third-order valence-electron chi connectivity index (χ3n) is 5.57. The van der Waals surface area contributed by atoms with Gasteiger partial charge in [-0.1, -0.05) is 24.9 Å². The molecule has 31 heavy (non-hydrogen) atoms. The van der Waals surface area contributed by atoms with Crippen molar-refractivity contribution in [2.24, 2.45) is 0 Å². The largest absolute Gasteiger partial charge is 0.379 e. The molecular formula is C22H32ClN5O2S. The number of amides is 1. The number of benzene rings is 1. The second kappa shape index (κ2) is 11.8. The highest BCUT2D eigenvalue weighted by Gasteiger charge is 2.18. The van der Waals surface area contributed by atoms with Gasteiger partial charge in [0.2, 0.25) is 5.91 Å². The molecular weight excluding hydrogens is 434 g/mol. The van der Waals surface area contributed by atoms with Crippen molar-refractivity contribution in [2.75, 3.05) is 32.8 Å². The Labute approximate surface area is 194 Å². The number of rotatable bonds is 10. The zero-order valence-corrected chi connectivity index (χ0v) is 19.9. The Bertz CT molecular complexity index is 906. The number of carbonyl (C=O) groups excluding carboxylic acids is 1. The Morgan fingerprint density at radius 2 is 1.97 bits per heavy atom. The highest BCUT2D eigenvalue weighted by Crippen LogP contribution is 2.21. The molecule has 1 aliphatic heterocycles. The molecule has 1 aliphatic rings. The van der Waals surface area contributed by atoms with Crippen molar-refractivity contribution in [3.05, 3.63) is 34.1 Å². The summed E-state index contributed by atoms with van der Waals surface area (Å²) >= 11 is 11.7. The first-order valence-corrected chi connectivity index (χ1v) is 11.8. The van der Waals surface area contributed by atoms with Crippen LogP contribution in [0.15, 0.2) is 24.3 Å². The topological polar surface area (TPSA) is 64.3 Å². The summed E-state index contributed by atoms with van der Waals surface area (Å²) in [5.41, 5.74) is 0.967. The maximum atomic E-state index is 12.4. The fraction of sp³-hybridized carbons (Fsp3) is 0.591. The third-order valence-corrected chi connectivity index (χ3v) is 6.26. The summed E-state index contributed by atoms with van der Waals surface area (Å²) in [5.74, 6) is 0.828. The number of halogens is 1. The Kier molecular flexibility index (Phi) is 9.07. The molecule has 1 amide bonds. The van der Waals surface area contributed by atoms with E-state index in [2.05, 4.69) is 28.6 Å². The van der Waals surface area contributed by atoms with Gasteiger partial charge >= 0.3 is 0 Å². The molecule has 0 spiro atoms. The van der Waals surface area contributed by atoms with E-state index in [4.69, 9.17) is 33.7 Å². The van der Waals surface area contributed by atoms with Crippen molar-refractivity contribution in [1.29, 1.82) is 0 Å². The number of aryl methyl sites for hydroxylation is 1. The van der Waals surface area contributed by atoms with Gasteiger partial charge in [-0.05, 0) is 49.8 Å². The smallest absolute Gasteiger partial charge is 0.221 e. The number of aromatic nitrogens is 3. The van der Waals surface area contributed by atoms with E-state index in [0.717, 1.165) is 57.1 Å². The van der Waals surface area contributed by atoms with E-state index in [1.165, 1.54) is 0 Å². The number of ether oxygens (including phenoxy) is 1. The summed E-state index contributed by atoms with van der Waals surface area (Å²) in [6.07, 6.45) is 2.42. The molecule has 1 N–H and O–H groups in total. The van der Waals surface area contributed by atoms with E-state index in [9.17, 15) is 4.79 Å². The predicted octanol–water partition coefficient (Wildman–Crippen LogP) is 3.76. The van der Waals surface area contributed by atoms with Gasteiger partial charge in [0, 0.05) is 49.2 Å². The molecule has 7 nitrogen and oxygen atoms in total. The van der Waals surface area contributed by atoms with E-state index in [1.807, 2.05) is 24.3 Å². The van der Waals surface area contributed by atoms with Crippen LogP contribution in [0.3, 0.4) is 0 Å². The predicted molar refractivity (Wildman–Crippen MR) is 126 cm³/mol. The van der Waals surface area contributed by atoms with Crippen LogP contribution in [0.4, 0.5) is 0 Å². The Hall–Kier alpha value is -1.74. The van der Waals surface area contributed by atoms with Crippen LogP contribution in [0, 0.1) is 4.77 Å². The number of nitrogens with one attached hydrogen (secondary N) is 1. The quantitative estimate of drug-likeness (QED) is 0.541. The minimum atomic E-state index is 0.0122. The van der Waals surface area contributed by atoms with Gasteiger partial charge in [-0.25, -0.2) is 4.68 Å². The van der Waals surface area contributed by atoms with E-state index < -0.39 is 0 Å². The maximum absolute atomic E-state index is 12.4. The second-order valence-corrected chi connectivity index (χ2v) is 8.69. The van der Waals surface area contributed by atoms with Crippen molar-refractivity contribution in [1.82, 2.24) is 24.6 Å². The highest BCUT2D eigenvalue weighted by molar-refractivity contribution is 7.71. The first kappa shape index (κ1) is 23.9. The van der Waals surface area contributed by atoms with E-state index in [1.54, 1.807) is 4.68 Å². The number of morpholine rings is 1. The number of hydrogen-bond acceptors (Lipinski definition) is 5. The van der Waals surface area contributed by atoms with Gasteiger partial charge in [-0.3, -0.25) is 14.3 Å². The van der Waals surface area contributed by atoms with Gasteiger partial charge in [0.25, 0.3) is 0 Å². The Balaban J connectivity index is 1.62. The molecule has 1 atom stereocenters. The zero-order chi connectivity index (χ0) is 22.2. The minimum absolute atomic E-state index is 0.0122. The van der Waals surface area contributed by atoms with E-state index in [-0.39, 0.29) is 5.91 Å². The molecule has 1 unspecified atom stereocenters. The highest BCUT2D eigenvalue weighted by atomic mass is 35.5. The number of hydrogen-bond donors (Lipinski definition) is 1. The van der Waals surface area contributed by atoms with Crippen molar-refractivity contribution in [3.8, 4) is 11.4 Å². The molecule has 0 bridgehead atoms. The number of unbranched alkanes of at least 4 members (excludes halogenated alkanes) is 1. The monoisotopic (exact) mass is 465 g/mol. The maximum Gasteiger partial charge on any atom is 0.221 e. The van der Waals surface area contributed by atoms with Crippen molar-refractivity contribution >= 4 is 29.7 Å². The van der Waals surface area contributed by atoms with Crippen LogP contribution in [-0.4, -0.2) is 64.0 Å². The van der Waals surface area contributed by atoms with Crippen LogP contribution in [0.1, 0.15) is 33.1 Å². The molecule has 1 fully saturated rings. The van der Waals surface area contributed by atoms with Gasteiger partial charge in [0.05, 0.1) is 19.8 Å². The molecule has 170 valence electrons. The van der Waals surface area contributed by atoms with Crippen molar-refractivity contribution < 1.29 is 9.53 Å². The van der Waals surface area contributed by atoms with Crippen LogP contribution >= 0.6 is 23.8 Å². The molecule has 1 aromatic carbocycles. The second-order valence-electron chi connectivity index (χ2n) is 7.89. The lowest BCUT2D eigenvalue weighted by Gasteiger charge is -2.32. The summed E-state index contributed by atoms with van der Waals surface area (Å²) < 4.78 is 9.86. The van der Waals surface area contributed by atoms with Gasteiger partial charge in [-0.15, -0.1) is 0 Å². The lowest BCUT2D eigenvalue weighted by Crippen LogP contribution is -2.47. The van der Waals surface area contributed by atoms with Crippen molar-refractivity contribution in [2.45, 2.75) is 52.2 Å². The Morgan fingerprint density at radius 3 is 2.65 bits per heavy atom. The summed E-state index contributed by atoms with van der Waals surface area (Å²) in [5, 5.41) is 8.46. The molecule has 1 saturated heterocycles. The van der Waals surface area contributed by atoms with Gasteiger partial charge < -0.3 is 10.1 Å². The number of nitrogens with zero attached hydrogens (tertiary/aromatic N) is 4. The van der Waals surface area contributed by atoms with Crippen LogP contribution in [0.5, 0.6) is 0 Å². The minimum Gasteiger partial charge on any atom is -0.379 e. The van der Waals surface area contributed by atoms with Crippen LogP contribution in [0.2, 0.25) is 5.02 Å². The average Bonchev–Trinajstić information content (AvgIpc) is 3.10. The number of carbonyl (C=O) groups is 1. The van der Waals surface area contributed by atoms with E-state index in [0.29, 0.717) is 35.3 Å². The molecule has 0 aliphatic carbocycles. The standard InChI is InChI=1S/C22H32ClN5O2S/c1-3-4-10-27-21(18-5-7-19(23)8-6-18)25-28(22(27)31)11-9-20(29)24-16-17(2)26-12-14-30-15-13-26/h5-8,17H,3-4,9-16H2,1-2H3,(H,24,29). The summed E-state index contributed by atoms with van der Waals surface area (Å²) in [6, 6.07) is 7.90. The lowest BCUT2D eigenvalue weighted by atomic mass is 10.2. The average molecular weight is 466 g/mol. The van der Waals surface area contributed by atoms with Crippen LogP contribution in [-0.2, 0) is 22.6 Å². The molecule has 0 saturated carbocycles. The third kappa shape index (κ3) is 6.62. The van der Waals surface area contributed by atoms with Crippen LogP contribution in [0.25, 0.3) is 11.4 Å². The molecule has 2 aromatic rings. The normalized spacial score (nSPS) is 15.7. The first-order chi connectivity index (χ1) is 15.0. The molecule has 9 heteroatoms. The molecule has 0 radical (unpaired) electrons. The van der Waals surface area contributed by atoms with Crippen LogP contribution < -0.4 is 5.32 Å². The fourth-order valence-corrected chi connectivity index (χ4v) is 4.06. The summed E-state index contributed by atoms with van der Waals surface area (Å²) in [7, 11) is 0. The molecule has 3 rings (SSSR count). The zero-order valence-electron chi connectivity index (χ0n) is 18.3. The summed E-state index contributed by atoms with van der Waals surface area (Å²) in [4.78, 5) is 14.8. The van der Waals surface area contributed by atoms with Gasteiger partial charge in [0.15, 0.2) is 10.6 Å². The van der Waals surface area contributed by atoms with Gasteiger partial charge in [-0.2, -0.15) is 5.10 Å². The lowest BCUT2D eigenvalue weighted by molar-refractivity contribution is -0.121. The van der Waals surface area contributed by atoms with Gasteiger partial charge in [0.1, 0.15) is 0 Å². The SMILES string of the molecule is CCCCn1c(-c2ccc(Cl)cc2)nn(CCC(=O)NCC(C)N2CCOCC2)c1=S.